The standard InChI is InChI=1S/C22H27N3O3S/c1-14-18(29-15(2)23-14)12-19(27)25-10-8-22(9-11-25)13-17(26)20(24-21(22)28)16-6-4-3-5-7-16/h3-7,17,20,26H,8-13H2,1-2H3,(H,24,28)/t17-,20+/m1/s1. The van der Waals surface area contributed by atoms with Crippen LogP contribution in [-0.4, -0.2) is 46.0 Å². The summed E-state index contributed by atoms with van der Waals surface area (Å²) in [4.78, 5) is 33.0. The average molecular weight is 414 g/mol. The minimum atomic E-state index is -0.625. The van der Waals surface area contributed by atoms with Crippen LogP contribution in [0.4, 0.5) is 0 Å². The molecule has 0 bridgehead atoms. The first-order valence-electron chi connectivity index (χ1n) is 10.1. The molecular weight excluding hydrogens is 386 g/mol. The highest BCUT2D eigenvalue weighted by Gasteiger charge is 2.49. The number of hydrogen-bond acceptors (Lipinski definition) is 5. The van der Waals surface area contributed by atoms with Crippen molar-refractivity contribution in [3.05, 3.63) is 51.5 Å². The summed E-state index contributed by atoms with van der Waals surface area (Å²) >= 11 is 1.57. The summed E-state index contributed by atoms with van der Waals surface area (Å²) in [6.45, 7) is 4.98. The molecule has 3 heterocycles. The number of rotatable bonds is 3. The van der Waals surface area contributed by atoms with E-state index in [2.05, 4.69) is 10.3 Å². The van der Waals surface area contributed by atoms with Crippen molar-refractivity contribution in [3.8, 4) is 0 Å². The number of piperidine rings is 2. The third-order valence-corrected chi connectivity index (χ3v) is 7.37. The first-order valence-corrected chi connectivity index (χ1v) is 10.9. The lowest BCUT2D eigenvalue weighted by Crippen LogP contribution is -2.57. The van der Waals surface area contributed by atoms with Crippen LogP contribution in [-0.2, 0) is 16.0 Å². The molecule has 2 N–H and O–H groups in total. The zero-order valence-corrected chi connectivity index (χ0v) is 17.7. The zero-order valence-electron chi connectivity index (χ0n) is 16.9. The molecule has 7 heteroatoms. The highest BCUT2D eigenvalue weighted by atomic mass is 32.1. The van der Waals surface area contributed by atoms with E-state index in [1.165, 1.54) is 0 Å². The number of nitrogens with one attached hydrogen (secondary N) is 1. The summed E-state index contributed by atoms with van der Waals surface area (Å²) < 4.78 is 0. The number of thiazole rings is 1. The number of aliphatic hydroxyl groups excluding tert-OH is 1. The molecule has 2 amide bonds. The normalized spacial score (nSPS) is 23.8. The van der Waals surface area contributed by atoms with E-state index in [0.29, 0.717) is 38.8 Å². The molecule has 0 radical (unpaired) electrons. The number of benzene rings is 1. The average Bonchev–Trinajstić information content (AvgIpc) is 3.02. The van der Waals surface area contributed by atoms with Crippen LogP contribution in [0.5, 0.6) is 0 Å². The van der Waals surface area contributed by atoms with Gasteiger partial charge in [-0.15, -0.1) is 11.3 Å². The van der Waals surface area contributed by atoms with Gasteiger partial charge in [0.2, 0.25) is 11.8 Å². The largest absolute Gasteiger partial charge is 0.391 e. The summed E-state index contributed by atoms with van der Waals surface area (Å²) in [6.07, 6.45) is 1.36. The van der Waals surface area contributed by atoms with E-state index in [1.54, 1.807) is 11.3 Å². The lowest BCUT2D eigenvalue weighted by atomic mass is 9.69. The van der Waals surface area contributed by atoms with Gasteiger partial charge in [0.15, 0.2) is 0 Å². The van der Waals surface area contributed by atoms with Crippen LogP contribution in [0.25, 0.3) is 0 Å². The van der Waals surface area contributed by atoms with Gasteiger partial charge < -0.3 is 15.3 Å². The second-order valence-corrected chi connectivity index (χ2v) is 9.50. The number of aromatic nitrogens is 1. The van der Waals surface area contributed by atoms with Crippen molar-refractivity contribution in [2.75, 3.05) is 13.1 Å². The summed E-state index contributed by atoms with van der Waals surface area (Å²) in [7, 11) is 0. The number of nitrogens with zero attached hydrogens (tertiary/aromatic N) is 2. The number of aliphatic hydroxyl groups is 1. The fourth-order valence-electron chi connectivity index (χ4n) is 4.57. The van der Waals surface area contributed by atoms with Crippen LogP contribution in [0.3, 0.4) is 0 Å². The Kier molecular flexibility index (Phi) is 5.44. The number of carbonyl (C=O) groups is 2. The SMILES string of the molecule is Cc1nc(C)c(CC(=O)N2CCC3(CC2)C[C@@H](O)[C@H](c2ccccc2)NC3=O)s1. The molecule has 2 atom stereocenters. The van der Waals surface area contributed by atoms with Crippen molar-refractivity contribution in [3.63, 3.8) is 0 Å². The molecule has 6 nitrogen and oxygen atoms in total. The maximum Gasteiger partial charge on any atom is 0.227 e. The molecule has 1 spiro atoms. The zero-order chi connectivity index (χ0) is 20.6. The molecule has 2 fully saturated rings. The van der Waals surface area contributed by atoms with E-state index in [1.807, 2.05) is 49.1 Å². The Morgan fingerprint density at radius 2 is 1.97 bits per heavy atom. The van der Waals surface area contributed by atoms with Crippen LogP contribution < -0.4 is 5.32 Å². The van der Waals surface area contributed by atoms with Crippen LogP contribution in [0.15, 0.2) is 30.3 Å². The molecule has 2 aliphatic heterocycles. The van der Waals surface area contributed by atoms with Gasteiger partial charge in [0.1, 0.15) is 0 Å². The van der Waals surface area contributed by atoms with Crippen LogP contribution in [0, 0.1) is 19.3 Å². The first-order chi connectivity index (χ1) is 13.9. The Bertz CT molecular complexity index is 903. The monoisotopic (exact) mass is 413 g/mol. The van der Waals surface area contributed by atoms with Gasteiger partial charge in [0, 0.05) is 18.0 Å². The van der Waals surface area contributed by atoms with Crippen molar-refractivity contribution < 1.29 is 14.7 Å². The van der Waals surface area contributed by atoms with E-state index in [0.717, 1.165) is 21.1 Å². The van der Waals surface area contributed by atoms with Gasteiger partial charge in [-0.25, -0.2) is 4.98 Å². The smallest absolute Gasteiger partial charge is 0.227 e. The summed E-state index contributed by atoms with van der Waals surface area (Å²) in [6, 6.07) is 9.23. The predicted molar refractivity (Wildman–Crippen MR) is 111 cm³/mol. The number of likely N-dealkylation sites (tertiary alicyclic amines) is 1. The molecule has 0 unspecified atom stereocenters. The second kappa shape index (κ2) is 7.88. The van der Waals surface area contributed by atoms with Crippen LogP contribution >= 0.6 is 11.3 Å². The van der Waals surface area contributed by atoms with Crippen LogP contribution in [0.1, 0.15) is 46.4 Å². The minimum Gasteiger partial charge on any atom is -0.391 e. The van der Waals surface area contributed by atoms with Crippen molar-refractivity contribution >= 4 is 23.2 Å². The predicted octanol–water partition coefficient (Wildman–Crippen LogP) is 2.53. The van der Waals surface area contributed by atoms with E-state index < -0.39 is 11.5 Å². The van der Waals surface area contributed by atoms with Crippen molar-refractivity contribution in [1.29, 1.82) is 0 Å². The van der Waals surface area contributed by atoms with E-state index in [4.69, 9.17) is 0 Å². The number of amides is 2. The Labute approximate surface area is 175 Å². The van der Waals surface area contributed by atoms with E-state index in [9.17, 15) is 14.7 Å². The quantitative estimate of drug-likeness (QED) is 0.810. The first kappa shape index (κ1) is 20.0. The third-order valence-electron chi connectivity index (χ3n) is 6.30. The number of aryl methyl sites for hydroxylation is 2. The van der Waals surface area contributed by atoms with Gasteiger partial charge >= 0.3 is 0 Å². The molecule has 0 saturated carbocycles. The number of carbonyl (C=O) groups excluding carboxylic acids is 2. The maximum absolute atomic E-state index is 13.0. The van der Waals surface area contributed by atoms with Gasteiger partial charge in [0.05, 0.1) is 34.7 Å². The molecule has 2 aliphatic rings. The Morgan fingerprint density at radius 1 is 1.28 bits per heavy atom. The summed E-state index contributed by atoms with van der Waals surface area (Å²) in [5.41, 5.74) is 1.26. The summed E-state index contributed by atoms with van der Waals surface area (Å²) in [5.74, 6) is 0.0863. The van der Waals surface area contributed by atoms with Crippen molar-refractivity contribution in [2.45, 2.75) is 51.7 Å². The molecule has 4 rings (SSSR count). The Morgan fingerprint density at radius 3 is 2.59 bits per heavy atom. The van der Waals surface area contributed by atoms with Gasteiger partial charge in [-0.05, 0) is 38.7 Å². The van der Waals surface area contributed by atoms with Crippen molar-refractivity contribution in [1.82, 2.24) is 15.2 Å². The molecule has 154 valence electrons. The second-order valence-electron chi connectivity index (χ2n) is 8.21. The van der Waals surface area contributed by atoms with Gasteiger partial charge in [-0.1, -0.05) is 30.3 Å². The maximum atomic E-state index is 13.0. The highest BCUT2D eigenvalue weighted by Crippen LogP contribution is 2.42. The molecule has 2 saturated heterocycles. The third kappa shape index (κ3) is 3.94. The van der Waals surface area contributed by atoms with E-state index in [-0.39, 0.29) is 17.9 Å². The minimum absolute atomic E-state index is 0.00215. The van der Waals surface area contributed by atoms with Gasteiger partial charge in [-0.3, -0.25) is 9.59 Å². The molecule has 1 aromatic heterocycles. The fraction of sp³-hybridized carbons (Fsp3) is 0.500. The Balaban J connectivity index is 1.39. The number of hydrogen-bond donors (Lipinski definition) is 2. The Hall–Kier alpha value is -2.25. The molecule has 29 heavy (non-hydrogen) atoms. The lowest BCUT2D eigenvalue weighted by molar-refractivity contribution is -0.148. The molecule has 1 aromatic carbocycles. The van der Waals surface area contributed by atoms with Crippen molar-refractivity contribution in [2.24, 2.45) is 5.41 Å². The molecule has 0 aliphatic carbocycles. The van der Waals surface area contributed by atoms with Crippen LogP contribution in [0.2, 0.25) is 0 Å². The van der Waals surface area contributed by atoms with Gasteiger partial charge in [-0.2, -0.15) is 0 Å². The topological polar surface area (TPSA) is 82.5 Å². The lowest BCUT2D eigenvalue weighted by Gasteiger charge is -2.46. The van der Waals surface area contributed by atoms with Gasteiger partial charge in [0.25, 0.3) is 0 Å². The van der Waals surface area contributed by atoms with E-state index >= 15 is 0 Å². The highest BCUT2D eigenvalue weighted by molar-refractivity contribution is 7.11. The molecule has 2 aromatic rings. The summed E-state index contributed by atoms with van der Waals surface area (Å²) in [5, 5.41) is 14.8. The molecular formula is C22H27N3O3S. The fourth-order valence-corrected chi connectivity index (χ4v) is 5.50.